The Labute approximate surface area is 190 Å². The quantitative estimate of drug-likeness (QED) is 0.671. The zero-order valence-electron chi connectivity index (χ0n) is 19.1. The minimum Gasteiger partial charge on any atom is -0.393 e. The second-order valence-corrected chi connectivity index (χ2v) is 10.3. The Balaban J connectivity index is 1.31. The number of benzene rings is 1. The maximum atomic E-state index is 12.9. The second kappa shape index (κ2) is 8.16. The Hall–Kier alpha value is -2.44. The number of anilines is 1. The Bertz CT molecular complexity index is 997. The lowest BCUT2D eigenvalue weighted by Crippen LogP contribution is -2.38. The number of piperidine rings is 1. The average Bonchev–Trinajstić information content (AvgIpc) is 3.36. The predicted octanol–water partition coefficient (Wildman–Crippen LogP) is 3.35. The van der Waals surface area contributed by atoms with Crippen molar-refractivity contribution >= 4 is 11.7 Å². The number of aromatic nitrogens is 1. The standard InChI is InChI=1S/C26H34N4O2/c1-16(2)30-14-20-12-26(20,15-30)19-5-3-17(4-6-19)18-11-23(24(27)28-13-18)25(32)29-21-7-9-22(31)10-8-21/h3-6,11,13,16,20-22,31H,7-10,12,14-15H2,1-2H3,(H2,27,28)(H,29,32)/t20-,21-,22+,26+/m0/s1. The molecule has 1 aromatic heterocycles. The van der Waals surface area contributed by atoms with E-state index in [-0.39, 0.29) is 23.9 Å². The van der Waals surface area contributed by atoms with Crippen LogP contribution in [0.2, 0.25) is 0 Å². The molecule has 170 valence electrons. The van der Waals surface area contributed by atoms with E-state index in [1.165, 1.54) is 18.5 Å². The number of nitrogen functional groups attached to an aromatic ring is 1. The fourth-order valence-corrected chi connectivity index (χ4v) is 5.65. The molecule has 1 amide bonds. The van der Waals surface area contributed by atoms with Gasteiger partial charge in [0.15, 0.2) is 0 Å². The molecule has 3 fully saturated rings. The summed E-state index contributed by atoms with van der Waals surface area (Å²) in [5, 5.41) is 12.8. The third-order valence-corrected chi connectivity index (χ3v) is 7.89. The lowest BCUT2D eigenvalue weighted by atomic mass is 9.92. The van der Waals surface area contributed by atoms with Crippen molar-refractivity contribution in [2.24, 2.45) is 5.92 Å². The van der Waals surface area contributed by atoms with Crippen molar-refractivity contribution < 1.29 is 9.90 Å². The highest BCUT2D eigenvalue weighted by molar-refractivity contribution is 5.99. The molecule has 3 aliphatic rings. The molecule has 2 saturated carbocycles. The number of nitrogens with one attached hydrogen (secondary N) is 1. The van der Waals surface area contributed by atoms with Crippen LogP contribution in [0, 0.1) is 5.92 Å². The van der Waals surface area contributed by atoms with Crippen molar-refractivity contribution in [1.82, 2.24) is 15.2 Å². The predicted molar refractivity (Wildman–Crippen MR) is 126 cm³/mol. The van der Waals surface area contributed by atoms with E-state index in [0.717, 1.165) is 49.3 Å². The van der Waals surface area contributed by atoms with Crippen LogP contribution >= 0.6 is 0 Å². The van der Waals surface area contributed by atoms with Crippen LogP contribution in [0.5, 0.6) is 0 Å². The van der Waals surface area contributed by atoms with Crippen molar-refractivity contribution in [2.45, 2.75) is 69.6 Å². The van der Waals surface area contributed by atoms with Gasteiger partial charge in [-0.3, -0.25) is 9.69 Å². The van der Waals surface area contributed by atoms with E-state index in [1.54, 1.807) is 6.20 Å². The van der Waals surface area contributed by atoms with Crippen molar-refractivity contribution in [2.75, 3.05) is 18.8 Å². The van der Waals surface area contributed by atoms with Gasteiger partial charge in [-0.25, -0.2) is 4.98 Å². The number of hydrogen-bond donors (Lipinski definition) is 3. The maximum absolute atomic E-state index is 12.9. The van der Waals surface area contributed by atoms with Gasteiger partial charge >= 0.3 is 0 Å². The molecule has 5 rings (SSSR count). The zero-order chi connectivity index (χ0) is 22.5. The van der Waals surface area contributed by atoms with Crippen LogP contribution in [0.3, 0.4) is 0 Å². The molecule has 1 aromatic carbocycles. The molecule has 2 heterocycles. The fourth-order valence-electron chi connectivity index (χ4n) is 5.65. The number of likely N-dealkylation sites (tertiary alicyclic amines) is 1. The van der Waals surface area contributed by atoms with Gasteiger partial charge in [0.05, 0.1) is 11.7 Å². The van der Waals surface area contributed by atoms with Crippen LogP contribution < -0.4 is 11.1 Å². The molecular formula is C26H34N4O2. The monoisotopic (exact) mass is 434 g/mol. The van der Waals surface area contributed by atoms with Crippen molar-refractivity contribution in [3.05, 3.63) is 47.7 Å². The first-order valence-corrected chi connectivity index (χ1v) is 11.9. The molecule has 0 bridgehead atoms. The number of nitrogens with zero attached hydrogens (tertiary/aromatic N) is 2. The van der Waals surface area contributed by atoms with Gasteiger partial charge < -0.3 is 16.2 Å². The van der Waals surface area contributed by atoms with E-state index in [2.05, 4.69) is 53.3 Å². The van der Waals surface area contributed by atoms with Gasteiger partial charge in [-0.05, 0) is 69.1 Å². The third-order valence-electron chi connectivity index (χ3n) is 7.89. The first-order chi connectivity index (χ1) is 15.4. The Morgan fingerprint density at radius 3 is 2.56 bits per heavy atom. The van der Waals surface area contributed by atoms with E-state index in [9.17, 15) is 9.90 Å². The van der Waals surface area contributed by atoms with Gasteiger partial charge in [-0.1, -0.05) is 24.3 Å². The second-order valence-electron chi connectivity index (χ2n) is 10.3. The van der Waals surface area contributed by atoms with Gasteiger partial charge in [-0.2, -0.15) is 0 Å². The summed E-state index contributed by atoms with van der Waals surface area (Å²) in [5.41, 5.74) is 10.2. The molecule has 2 aliphatic carbocycles. The van der Waals surface area contributed by atoms with E-state index in [0.29, 0.717) is 17.0 Å². The lowest BCUT2D eigenvalue weighted by Gasteiger charge is -2.26. The van der Waals surface area contributed by atoms with Crippen LogP contribution in [0.15, 0.2) is 36.5 Å². The van der Waals surface area contributed by atoms with Gasteiger partial charge in [-0.15, -0.1) is 0 Å². The normalized spacial score (nSPS) is 29.7. The number of rotatable bonds is 5. The van der Waals surface area contributed by atoms with E-state index >= 15 is 0 Å². The Morgan fingerprint density at radius 1 is 1.19 bits per heavy atom. The zero-order valence-corrected chi connectivity index (χ0v) is 19.1. The van der Waals surface area contributed by atoms with Crippen molar-refractivity contribution in [3.8, 4) is 11.1 Å². The molecule has 6 heteroatoms. The topological polar surface area (TPSA) is 91.5 Å². The number of nitrogens with two attached hydrogens (primary N) is 1. The highest BCUT2D eigenvalue weighted by Crippen LogP contribution is 2.59. The van der Waals surface area contributed by atoms with E-state index in [4.69, 9.17) is 5.73 Å². The summed E-state index contributed by atoms with van der Waals surface area (Å²) < 4.78 is 0. The molecule has 0 radical (unpaired) electrons. The minimum absolute atomic E-state index is 0.0794. The minimum atomic E-state index is -0.246. The SMILES string of the molecule is CC(C)N1C[C@@H]2C[C@]2(c2ccc(-c3cnc(N)c(C(=O)N[C@H]4CC[C@@H](O)CC4)c3)cc2)C1. The smallest absolute Gasteiger partial charge is 0.255 e. The molecule has 32 heavy (non-hydrogen) atoms. The summed E-state index contributed by atoms with van der Waals surface area (Å²) in [6.07, 6.45) is 5.82. The van der Waals surface area contributed by atoms with Gasteiger partial charge in [0.2, 0.25) is 0 Å². The summed E-state index contributed by atoms with van der Waals surface area (Å²) in [6, 6.07) is 11.3. The number of fused-ring (bicyclic) bond motifs is 1. The summed E-state index contributed by atoms with van der Waals surface area (Å²) in [4.78, 5) is 19.8. The van der Waals surface area contributed by atoms with Gasteiger partial charge in [0.25, 0.3) is 5.91 Å². The lowest BCUT2D eigenvalue weighted by molar-refractivity contribution is 0.0868. The number of aliphatic hydroxyl groups excluding tert-OH is 1. The number of carbonyl (C=O) groups excluding carboxylic acids is 1. The summed E-state index contributed by atoms with van der Waals surface area (Å²) >= 11 is 0. The molecule has 6 nitrogen and oxygen atoms in total. The highest BCUT2D eigenvalue weighted by Gasteiger charge is 2.60. The molecule has 1 saturated heterocycles. The number of hydrogen-bond acceptors (Lipinski definition) is 5. The van der Waals surface area contributed by atoms with E-state index in [1.807, 2.05) is 6.07 Å². The van der Waals surface area contributed by atoms with Crippen molar-refractivity contribution in [1.29, 1.82) is 0 Å². The van der Waals surface area contributed by atoms with Crippen LogP contribution in [0.4, 0.5) is 5.82 Å². The van der Waals surface area contributed by atoms with Crippen LogP contribution in [0.1, 0.15) is 61.9 Å². The first kappa shape index (κ1) is 21.4. The number of carbonyl (C=O) groups is 1. The molecule has 1 aliphatic heterocycles. The van der Waals surface area contributed by atoms with Crippen LogP contribution in [0.25, 0.3) is 11.1 Å². The molecule has 2 atom stereocenters. The molecule has 2 aromatic rings. The van der Waals surface area contributed by atoms with Gasteiger partial charge in [0, 0.05) is 42.3 Å². The Kier molecular flexibility index (Phi) is 5.46. The van der Waals surface area contributed by atoms with Crippen LogP contribution in [-0.4, -0.2) is 52.2 Å². The third kappa shape index (κ3) is 3.90. The fraction of sp³-hybridized carbons (Fsp3) is 0.538. The molecule has 4 N–H and O–H groups in total. The van der Waals surface area contributed by atoms with Crippen LogP contribution in [-0.2, 0) is 5.41 Å². The summed E-state index contributed by atoms with van der Waals surface area (Å²) in [7, 11) is 0. The summed E-state index contributed by atoms with van der Waals surface area (Å²) in [6.45, 7) is 6.92. The van der Waals surface area contributed by atoms with Crippen molar-refractivity contribution in [3.63, 3.8) is 0 Å². The molecular weight excluding hydrogens is 400 g/mol. The molecule has 0 unspecified atom stereocenters. The Morgan fingerprint density at radius 2 is 1.91 bits per heavy atom. The average molecular weight is 435 g/mol. The van der Waals surface area contributed by atoms with E-state index < -0.39 is 0 Å². The highest BCUT2D eigenvalue weighted by atomic mass is 16.3. The maximum Gasteiger partial charge on any atom is 0.255 e. The summed E-state index contributed by atoms with van der Waals surface area (Å²) in [5.74, 6) is 0.845. The first-order valence-electron chi connectivity index (χ1n) is 11.9. The molecule has 0 spiro atoms. The van der Waals surface area contributed by atoms with Gasteiger partial charge in [0.1, 0.15) is 5.82 Å². The number of pyridine rings is 1. The largest absolute Gasteiger partial charge is 0.393 e. The number of aliphatic hydroxyl groups is 1. The number of amides is 1.